The maximum absolute atomic E-state index is 12.6. The summed E-state index contributed by atoms with van der Waals surface area (Å²) in [5.41, 5.74) is 1.32. The van der Waals surface area contributed by atoms with Crippen molar-refractivity contribution in [2.24, 2.45) is 5.92 Å². The number of carboxylic acid groups (broad SMARTS) is 1. The largest absolute Gasteiger partial charge is 0.481 e. The van der Waals surface area contributed by atoms with Crippen molar-refractivity contribution in [3.8, 4) is 0 Å². The number of carboxylic acids is 1. The summed E-state index contributed by atoms with van der Waals surface area (Å²) in [6.45, 7) is 3.13. The zero-order chi connectivity index (χ0) is 17.3. The molecular formula is C17H21N3O4. The highest BCUT2D eigenvalue weighted by molar-refractivity contribution is 5.81. The predicted molar refractivity (Wildman–Crippen MR) is 88.8 cm³/mol. The van der Waals surface area contributed by atoms with Gasteiger partial charge in [0.15, 0.2) is 0 Å². The number of amides is 1. The van der Waals surface area contributed by atoms with Gasteiger partial charge in [-0.2, -0.15) is 0 Å². The van der Waals surface area contributed by atoms with Gasteiger partial charge in [-0.3, -0.25) is 18.7 Å². The van der Waals surface area contributed by atoms with Gasteiger partial charge in [-0.15, -0.1) is 0 Å². The monoisotopic (exact) mass is 331 g/mol. The van der Waals surface area contributed by atoms with Crippen LogP contribution in [0.2, 0.25) is 0 Å². The first-order chi connectivity index (χ1) is 11.5. The molecule has 0 aliphatic carbocycles. The number of carbonyl (C=O) groups is 2. The number of aryl methyl sites for hydroxylation is 1. The third-order valence-corrected chi connectivity index (χ3v) is 4.66. The van der Waals surface area contributed by atoms with Crippen molar-refractivity contribution in [2.75, 3.05) is 13.1 Å². The fourth-order valence-electron chi connectivity index (χ4n) is 3.37. The van der Waals surface area contributed by atoms with Crippen LogP contribution >= 0.6 is 0 Å². The number of aliphatic carboxylic acids is 1. The second kappa shape index (κ2) is 6.51. The Morgan fingerprint density at radius 2 is 1.88 bits per heavy atom. The normalized spacial score (nSPS) is 18.0. The number of aromatic nitrogens is 2. The molecule has 128 valence electrons. The van der Waals surface area contributed by atoms with Crippen LogP contribution in [0.15, 0.2) is 29.1 Å². The number of hydrogen-bond acceptors (Lipinski definition) is 3. The van der Waals surface area contributed by atoms with Gasteiger partial charge in [0.25, 0.3) is 0 Å². The van der Waals surface area contributed by atoms with Gasteiger partial charge in [0.05, 0.1) is 17.0 Å². The number of fused-ring (bicyclic) bond motifs is 1. The minimum absolute atomic E-state index is 0.0569. The molecular weight excluding hydrogens is 310 g/mol. The van der Waals surface area contributed by atoms with Crippen LogP contribution in [0.3, 0.4) is 0 Å². The van der Waals surface area contributed by atoms with Crippen LogP contribution in [0.5, 0.6) is 0 Å². The maximum atomic E-state index is 12.6. The van der Waals surface area contributed by atoms with Gasteiger partial charge in [0, 0.05) is 19.6 Å². The topological polar surface area (TPSA) is 84.5 Å². The van der Waals surface area contributed by atoms with Gasteiger partial charge >= 0.3 is 11.7 Å². The SMILES string of the molecule is CCn1c(=O)n(CC(=O)N2CCC[C@H](C(=O)O)C2)c2ccccc21. The molecule has 0 unspecified atom stereocenters. The second-order valence-corrected chi connectivity index (χ2v) is 6.12. The molecule has 0 saturated carbocycles. The summed E-state index contributed by atoms with van der Waals surface area (Å²) in [4.78, 5) is 37.9. The molecule has 1 N–H and O–H groups in total. The number of likely N-dealkylation sites (tertiary alicyclic amines) is 1. The number of para-hydroxylation sites is 2. The van der Waals surface area contributed by atoms with Gasteiger partial charge in [-0.25, -0.2) is 4.79 Å². The fraction of sp³-hybridized carbons (Fsp3) is 0.471. The van der Waals surface area contributed by atoms with Gasteiger partial charge in [0.1, 0.15) is 6.54 Å². The van der Waals surface area contributed by atoms with Crippen LogP contribution in [0, 0.1) is 5.92 Å². The Morgan fingerprint density at radius 1 is 1.21 bits per heavy atom. The summed E-state index contributed by atoms with van der Waals surface area (Å²) in [5, 5.41) is 9.15. The van der Waals surface area contributed by atoms with Crippen LogP contribution in [0.25, 0.3) is 11.0 Å². The fourth-order valence-corrected chi connectivity index (χ4v) is 3.37. The molecule has 7 nitrogen and oxygen atoms in total. The van der Waals surface area contributed by atoms with E-state index in [0.717, 1.165) is 11.0 Å². The minimum atomic E-state index is -0.868. The average Bonchev–Trinajstić information content (AvgIpc) is 2.86. The highest BCUT2D eigenvalue weighted by Gasteiger charge is 2.28. The van der Waals surface area contributed by atoms with Crippen molar-refractivity contribution < 1.29 is 14.7 Å². The lowest BCUT2D eigenvalue weighted by Crippen LogP contribution is -2.44. The van der Waals surface area contributed by atoms with Gasteiger partial charge in [-0.05, 0) is 31.9 Å². The molecule has 1 amide bonds. The lowest BCUT2D eigenvalue weighted by molar-refractivity contribution is -0.145. The Morgan fingerprint density at radius 3 is 2.50 bits per heavy atom. The summed E-state index contributed by atoms with van der Waals surface area (Å²) in [7, 11) is 0. The zero-order valence-corrected chi connectivity index (χ0v) is 13.6. The smallest absolute Gasteiger partial charge is 0.329 e. The van der Waals surface area contributed by atoms with E-state index in [1.54, 1.807) is 9.47 Å². The number of piperidine rings is 1. The van der Waals surface area contributed by atoms with E-state index in [2.05, 4.69) is 0 Å². The molecule has 0 spiro atoms. The minimum Gasteiger partial charge on any atom is -0.481 e. The lowest BCUT2D eigenvalue weighted by Gasteiger charge is -2.30. The van der Waals surface area contributed by atoms with Gasteiger partial charge < -0.3 is 10.0 Å². The molecule has 1 aliphatic heterocycles. The molecule has 1 saturated heterocycles. The third-order valence-electron chi connectivity index (χ3n) is 4.66. The van der Waals surface area contributed by atoms with E-state index in [1.165, 1.54) is 4.57 Å². The molecule has 2 heterocycles. The van der Waals surface area contributed by atoms with Crippen LogP contribution in [-0.2, 0) is 22.7 Å². The Balaban J connectivity index is 1.87. The Labute approximate surface area is 139 Å². The molecule has 24 heavy (non-hydrogen) atoms. The first-order valence-electron chi connectivity index (χ1n) is 8.21. The summed E-state index contributed by atoms with van der Waals surface area (Å²) in [6, 6.07) is 7.39. The highest BCUT2D eigenvalue weighted by Crippen LogP contribution is 2.18. The molecule has 0 bridgehead atoms. The number of nitrogens with zero attached hydrogens (tertiary/aromatic N) is 3. The molecule has 1 aromatic heterocycles. The van der Waals surface area contributed by atoms with Crippen molar-refractivity contribution in [3.63, 3.8) is 0 Å². The van der Waals surface area contributed by atoms with Gasteiger partial charge in [0.2, 0.25) is 5.91 Å². The molecule has 3 rings (SSSR count). The van der Waals surface area contributed by atoms with E-state index in [1.807, 2.05) is 31.2 Å². The predicted octanol–water partition coefficient (Wildman–Crippen LogP) is 1.15. The van der Waals surface area contributed by atoms with Gasteiger partial charge in [-0.1, -0.05) is 12.1 Å². The molecule has 1 aliphatic rings. The Kier molecular flexibility index (Phi) is 4.42. The van der Waals surface area contributed by atoms with E-state index in [4.69, 9.17) is 5.11 Å². The molecule has 1 aromatic carbocycles. The number of benzene rings is 1. The average molecular weight is 331 g/mol. The summed E-state index contributed by atoms with van der Waals surface area (Å²) < 4.78 is 3.12. The van der Waals surface area contributed by atoms with Crippen LogP contribution in [0.1, 0.15) is 19.8 Å². The number of rotatable bonds is 4. The lowest BCUT2D eigenvalue weighted by atomic mass is 9.98. The summed E-state index contributed by atoms with van der Waals surface area (Å²) in [5.74, 6) is -1.59. The Bertz CT molecular complexity index is 836. The molecule has 1 fully saturated rings. The molecule has 7 heteroatoms. The quantitative estimate of drug-likeness (QED) is 0.911. The van der Waals surface area contributed by atoms with E-state index in [0.29, 0.717) is 25.9 Å². The first-order valence-corrected chi connectivity index (χ1v) is 8.21. The molecule has 0 radical (unpaired) electrons. The van der Waals surface area contributed by atoms with Crippen molar-refractivity contribution in [1.82, 2.24) is 14.0 Å². The summed E-state index contributed by atoms with van der Waals surface area (Å²) in [6.07, 6.45) is 1.27. The summed E-state index contributed by atoms with van der Waals surface area (Å²) >= 11 is 0. The van der Waals surface area contributed by atoms with E-state index in [9.17, 15) is 14.4 Å². The highest BCUT2D eigenvalue weighted by atomic mass is 16.4. The van der Waals surface area contributed by atoms with Crippen LogP contribution in [0.4, 0.5) is 0 Å². The first kappa shape index (κ1) is 16.3. The molecule has 1 atom stereocenters. The maximum Gasteiger partial charge on any atom is 0.329 e. The number of imidazole rings is 1. The Hall–Kier alpha value is -2.57. The van der Waals surface area contributed by atoms with Crippen molar-refractivity contribution >= 4 is 22.9 Å². The van der Waals surface area contributed by atoms with Crippen LogP contribution in [-0.4, -0.2) is 44.1 Å². The van der Waals surface area contributed by atoms with Crippen molar-refractivity contribution in [2.45, 2.75) is 32.9 Å². The number of carbonyl (C=O) groups excluding carboxylic acids is 1. The standard InChI is InChI=1S/C17H21N3O4/c1-2-19-13-7-3-4-8-14(13)20(17(19)24)11-15(21)18-9-5-6-12(10-18)16(22)23/h3-4,7-8,12H,2,5-6,9-11H2,1H3,(H,22,23)/t12-/m0/s1. The second-order valence-electron chi connectivity index (χ2n) is 6.12. The van der Waals surface area contributed by atoms with Crippen molar-refractivity contribution in [1.29, 1.82) is 0 Å². The van der Waals surface area contributed by atoms with E-state index in [-0.39, 0.29) is 24.7 Å². The zero-order valence-electron chi connectivity index (χ0n) is 13.6. The number of hydrogen-bond donors (Lipinski definition) is 1. The van der Waals surface area contributed by atoms with E-state index >= 15 is 0 Å². The third kappa shape index (κ3) is 2.81. The van der Waals surface area contributed by atoms with E-state index < -0.39 is 11.9 Å². The van der Waals surface area contributed by atoms with Crippen LogP contribution < -0.4 is 5.69 Å². The van der Waals surface area contributed by atoms with Crippen molar-refractivity contribution in [3.05, 3.63) is 34.7 Å². The molecule has 2 aromatic rings.